The number of hydrogen-bond acceptors (Lipinski definition) is 4. The van der Waals surface area contributed by atoms with E-state index in [1.807, 2.05) is 0 Å². The molecule has 0 spiro atoms. The number of aliphatic carboxylic acids is 1. The van der Waals surface area contributed by atoms with Gasteiger partial charge in [0.1, 0.15) is 5.69 Å². The first kappa shape index (κ1) is 14.7. The summed E-state index contributed by atoms with van der Waals surface area (Å²) in [6.07, 6.45) is 3.33. The molecule has 7 heteroatoms. The molecule has 0 radical (unpaired) electrons. The molecule has 0 unspecified atom stereocenters. The van der Waals surface area contributed by atoms with Crippen LogP contribution in [0.25, 0.3) is 5.82 Å². The van der Waals surface area contributed by atoms with E-state index >= 15 is 0 Å². The van der Waals surface area contributed by atoms with E-state index < -0.39 is 17.3 Å². The Balaban J connectivity index is 2.10. The lowest BCUT2D eigenvalue weighted by atomic mass is 9.94. The van der Waals surface area contributed by atoms with Gasteiger partial charge in [-0.3, -0.25) is 9.59 Å². The highest BCUT2D eigenvalue weighted by Gasteiger charge is 2.27. The lowest BCUT2D eigenvalue weighted by Gasteiger charge is -2.19. The molecule has 110 valence electrons. The molecule has 2 aromatic rings. The fraction of sp³-hybridized carbons (Fsp3) is 0.286. The first-order valence-electron chi connectivity index (χ1n) is 6.39. The zero-order valence-electron chi connectivity index (χ0n) is 11.8. The van der Waals surface area contributed by atoms with Gasteiger partial charge in [0.15, 0.2) is 5.82 Å². The van der Waals surface area contributed by atoms with Crippen LogP contribution in [0.3, 0.4) is 0 Å². The number of carboxylic acids is 1. The molecule has 0 aliphatic heterocycles. The van der Waals surface area contributed by atoms with Crippen LogP contribution in [0.1, 0.15) is 24.3 Å². The van der Waals surface area contributed by atoms with E-state index in [-0.39, 0.29) is 12.2 Å². The second kappa shape index (κ2) is 5.74. The van der Waals surface area contributed by atoms with E-state index in [0.717, 1.165) is 0 Å². The molecule has 2 N–H and O–H groups in total. The smallest absolute Gasteiger partial charge is 0.310 e. The van der Waals surface area contributed by atoms with Gasteiger partial charge in [-0.05, 0) is 32.0 Å². The minimum Gasteiger partial charge on any atom is -0.481 e. The molecule has 0 aliphatic rings. The van der Waals surface area contributed by atoms with Crippen molar-refractivity contribution >= 4 is 11.9 Å². The summed E-state index contributed by atoms with van der Waals surface area (Å²) in [5.41, 5.74) is -0.820. The highest BCUT2D eigenvalue weighted by Crippen LogP contribution is 2.13. The largest absolute Gasteiger partial charge is 0.481 e. The first-order chi connectivity index (χ1) is 9.90. The summed E-state index contributed by atoms with van der Waals surface area (Å²) >= 11 is 0. The number of rotatable bonds is 5. The van der Waals surface area contributed by atoms with E-state index in [1.54, 1.807) is 50.5 Å². The van der Waals surface area contributed by atoms with Crippen LogP contribution in [-0.2, 0) is 4.79 Å². The summed E-state index contributed by atoms with van der Waals surface area (Å²) in [5.74, 6) is -0.871. The number of nitrogens with one attached hydrogen (secondary N) is 1. The topological polar surface area (TPSA) is 97.1 Å². The normalized spacial score (nSPS) is 11.1. The zero-order valence-corrected chi connectivity index (χ0v) is 11.8. The Labute approximate surface area is 121 Å². The van der Waals surface area contributed by atoms with E-state index in [9.17, 15) is 9.59 Å². The Kier molecular flexibility index (Phi) is 4.02. The maximum atomic E-state index is 12.0. The molecule has 0 aliphatic carbocycles. The summed E-state index contributed by atoms with van der Waals surface area (Å²) in [7, 11) is 0. The quantitative estimate of drug-likeness (QED) is 0.859. The lowest BCUT2D eigenvalue weighted by molar-refractivity contribution is -0.146. The number of aromatic nitrogens is 3. The van der Waals surface area contributed by atoms with E-state index in [4.69, 9.17) is 5.11 Å². The minimum atomic E-state index is -1.03. The Morgan fingerprint density at radius 2 is 2.10 bits per heavy atom. The number of pyridine rings is 1. The van der Waals surface area contributed by atoms with Gasteiger partial charge in [0, 0.05) is 18.9 Å². The molecule has 2 aromatic heterocycles. The summed E-state index contributed by atoms with van der Waals surface area (Å²) in [5, 5.41) is 15.6. The Morgan fingerprint density at radius 3 is 2.71 bits per heavy atom. The number of nitrogens with zero attached hydrogens (tertiary/aromatic N) is 3. The van der Waals surface area contributed by atoms with Crippen molar-refractivity contribution < 1.29 is 14.7 Å². The van der Waals surface area contributed by atoms with Gasteiger partial charge >= 0.3 is 5.97 Å². The van der Waals surface area contributed by atoms with Crippen LogP contribution >= 0.6 is 0 Å². The Bertz CT molecular complexity index is 650. The number of carbonyl (C=O) groups excluding carboxylic acids is 1. The van der Waals surface area contributed by atoms with Crippen LogP contribution in [0.2, 0.25) is 0 Å². The average Bonchev–Trinajstić information content (AvgIpc) is 2.99. The van der Waals surface area contributed by atoms with Crippen LogP contribution in [0.5, 0.6) is 0 Å². The number of carbonyl (C=O) groups is 2. The lowest BCUT2D eigenvalue weighted by Crippen LogP contribution is -2.39. The molecule has 0 bridgehead atoms. The van der Waals surface area contributed by atoms with Crippen molar-refractivity contribution in [2.75, 3.05) is 6.54 Å². The van der Waals surface area contributed by atoms with Crippen LogP contribution in [-0.4, -0.2) is 38.3 Å². The van der Waals surface area contributed by atoms with Crippen LogP contribution in [0.15, 0.2) is 36.7 Å². The SMILES string of the molecule is CC(C)(CNC(=O)c1cccc(-n2cccn2)n1)C(=O)O. The molecule has 0 saturated carbocycles. The second-order valence-electron chi connectivity index (χ2n) is 5.20. The van der Waals surface area contributed by atoms with Gasteiger partial charge in [0.25, 0.3) is 5.91 Å². The van der Waals surface area contributed by atoms with Gasteiger partial charge in [-0.25, -0.2) is 9.67 Å². The molecular weight excluding hydrogens is 272 g/mol. The molecule has 21 heavy (non-hydrogen) atoms. The summed E-state index contributed by atoms with van der Waals surface area (Å²) in [4.78, 5) is 27.2. The number of carboxylic acid groups (broad SMARTS) is 1. The van der Waals surface area contributed by atoms with Crippen molar-refractivity contribution in [3.8, 4) is 5.82 Å². The zero-order chi connectivity index (χ0) is 15.5. The van der Waals surface area contributed by atoms with Crippen molar-refractivity contribution in [3.63, 3.8) is 0 Å². The molecule has 7 nitrogen and oxygen atoms in total. The second-order valence-corrected chi connectivity index (χ2v) is 5.20. The van der Waals surface area contributed by atoms with Gasteiger partial charge in [-0.2, -0.15) is 5.10 Å². The third kappa shape index (κ3) is 3.44. The van der Waals surface area contributed by atoms with Gasteiger partial charge in [-0.1, -0.05) is 6.07 Å². The van der Waals surface area contributed by atoms with Gasteiger partial charge in [0.05, 0.1) is 5.41 Å². The van der Waals surface area contributed by atoms with Crippen molar-refractivity contribution in [1.82, 2.24) is 20.1 Å². The molecule has 0 atom stereocenters. The minimum absolute atomic E-state index is 0.0227. The van der Waals surface area contributed by atoms with Crippen molar-refractivity contribution in [3.05, 3.63) is 42.4 Å². The van der Waals surface area contributed by atoms with Crippen LogP contribution < -0.4 is 5.32 Å². The monoisotopic (exact) mass is 288 g/mol. The third-order valence-corrected chi connectivity index (χ3v) is 2.98. The Hall–Kier alpha value is -2.70. The van der Waals surface area contributed by atoms with Gasteiger partial charge < -0.3 is 10.4 Å². The summed E-state index contributed by atoms with van der Waals surface area (Å²) < 4.78 is 1.54. The maximum Gasteiger partial charge on any atom is 0.310 e. The predicted molar refractivity (Wildman–Crippen MR) is 75.1 cm³/mol. The van der Waals surface area contributed by atoms with Gasteiger partial charge in [-0.15, -0.1) is 0 Å². The van der Waals surface area contributed by atoms with E-state index in [0.29, 0.717) is 5.82 Å². The average molecular weight is 288 g/mol. The predicted octanol–water partition coefficient (Wildman–Crippen LogP) is 1.11. The molecular formula is C14H16N4O3. The number of hydrogen-bond donors (Lipinski definition) is 2. The van der Waals surface area contributed by atoms with E-state index in [1.165, 1.54) is 4.68 Å². The van der Waals surface area contributed by atoms with E-state index in [2.05, 4.69) is 15.4 Å². The summed E-state index contributed by atoms with van der Waals surface area (Å²) in [6.45, 7) is 3.11. The fourth-order valence-electron chi connectivity index (χ4n) is 1.55. The molecule has 0 saturated heterocycles. The van der Waals surface area contributed by atoms with Crippen molar-refractivity contribution in [2.24, 2.45) is 5.41 Å². The highest BCUT2D eigenvalue weighted by atomic mass is 16.4. The standard InChI is InChI=1S/C14H16N4O3/c1-14(2,13(20)21)9-15-12(19)10-5-3-6-11(17-10)18-8-4-7-16-18/h3-8H,9H2,1-2H3,(H,15,19)(H,20,21). The Morgan fingerprint density at radius 1 is 1.33 bits per heavy atom. The third-order valence-electron chi connectivity index (χ3n) is 2.98. The molecule has 0 aromatic carbocycles. The van der Waals surface area contributed by atoms with Crippen LogP contribution in [0, 0.1) is 5.41 Å². The molecule has 0 fully saturated rings. The van der Waals surface area contributed by atoms with Crippen molar-refractivity contribution in [2.45, 2.75) is 13.8 Å². The van der Waals surface area contributed by atoms with Gasteiger partial charge in [0.2, 0.25) is 0 Å². The molecule has 2 heterocycles. The number of amides is 1. The summed E-state index contributed by atoms with van der Waals surface area (Å²) in [6, 6.07) is 6.74. The first-order valence-corrected chi connectivity index (χ1v) is 6.39. The fourth-order valence-corrected chi connectivity index (χ4v) is 1.55. The molecule has 1 amide bonds. The maximum absolute atomic E-state index is 12.0. The highest BCUT2D eigenvalue weighted by molar-refractivity contribution is 5.92. The van der Waals surface area contributed by atoms with Crippen molar-refractivity contribution in [1.29, 1.82) is 0 Å². The molecule has 2 rings (SSSR count). The van der Waals surface area contributed by atoms with Crippen LogP contribution in [0.4, 0.5) is 0 Å².